The first-order valence-corrected chi connectivity index (χ1v) is 7.13. The average Bonchev–Trinajstić information content (AvgIpc) is 2.37. The van der Waals surface area contributed by atoms with E-state index in [1.54, 1.807) is 19.9 Å². The highest BCUT2D eigenvalue weighted by Gasteiger charge is 2.33. The zero-order valence-electron chi connectivity index (χ0n) is 11.5. The smallest absolute Gasteiger partial charge is 0.338 e. The van der Waals surface area contributed by atoms with Crippen LogP contribution in [0.3, 0.4) is 0 Å². The highest BCUT2D eigenvalue weighted by Crippen LogP contribution is 2.33. The lowest BCUT2D eigenvalue weighted by atomic mass is 9.95. The van der Waals surface area contributed by atoms with Crippen LogP contribution in [0.4, 0.5) is 4.39 Å². The van der Waals surface area contributed by atoms with Gasteiger partial charge in [-0.1, -0.05) is 17.7 Å². The van der Waals surface area contributed by atoms with Crippen molar-refractivity contribution >= 4 is 34.9 Å². The van der Waals surface area contributed by atoms with Crippen LogP contribution in [-0.2, 0) is 9.53 Å². The minimum Gasteiger partial charge on any atom is -0.463 e. The molecule has 0 radical (unpaired) electrons. The minimum atomic E-state index is -0.786. The second-order valence-corrected chi connectivity index (χ2v) is 5.24. The molecule has 0 unspecified atom stereocenters. The van der Waals surface area contributed by atoms with E-state index in [2.05, 4.69) is 10.6 Å². The second kappa shape index (κ2) is 6.41. The van der Waals surface area contributed by atoms with Gasteiger partial charge in [0.05, 0.1) is 18.2 Å². The van der Waals surface area contributed by atoms with Crippen LogP contribution in [0.25, 0.3) is 0 Å². The molecule has 0 amide bonds. The van der Waals surface area contributed by atoms with Gasteiger partial charge in [-0.15, -0.1) is 0 Å². The van der Waals surface area contributed by atoms with Gasteiger partial charge in [0.1, 0.15) is 5.82 Å². The van der Waals surface area contributed by atoms with E-state index in [1.807, 2.05) is 0 Å². The summed E-state index contributed by atoms with van der Waals surface area (Å²) >= 11 is 11.2. The molecule has 1 aromatic carbocycles. The molecule has 0 fully saturated rings. The average molecular weight is 329 g/mol. The van der Waals surface area contributed by atoms with Gasteiger partial charge in [0.25, 0.3) is 0 Å². The Hall–Kier alpha value is -1.66. The molecule has 0 spiro atoms. The molecule has 21 heavy (non-hydrogen) atoms. The topological polar surface area (TPSA) is 50.4 Å². The zero-order chi connectivity index (χ0) is 15.6. The van der Waals surface area contributed by atoms with Gasteiger partial charge in [0, 0.05) is 16.3 Å². The van der Waals surface area contributed by atoms with Crippen LogP contribution >= 0.6 is 23.8 Å². The molecule has 1 aliphatic rings. The van der Waals surface area contributed by atoms with Crippen molar-refractivity contribution in [2.24, 2.45) is 0 Å². The van der Waals surface area contributed by atoms with Gasteiger partial charge in [0.15, 0.2) is 5.11 Å². The predicted molar refractivity (Wildman–Crippen MR) is 82.4 cm³/mol. The molecule has 2 N–H and O–H groups in total. The van der Waals surface area contributed by atoms with Crippen LogP contribution in [-0.4, -0.2) is 17.7 Å². The normalized spacial score (nSPS) is 18.1. The first-order chi connectivity index (χ1) is 9.95. The summed E-state index contributed by atoms with van der Waals surface area (Å²) in [5.74, 6) is -1.05. The van der Waals surface area contributed by atoms with Crippen molar-refractivity contribution in [3.8, 4) is 0 Å². The minimum absolute atomic E-state index is 0.172. The van der Waals surface area contributed by atoms with Gasteiger partial charge in [-0.25, -0.2) is 9.18 Å². The van der Waals surface area contributed by atoms with E-state index in [0.29, 0.717) is 10.8 Å². The number of hydrogen-bond donors (Lipinski definition) is 2. The summed E-state index contributed by atoms with van der Waals surface area (Å²) < 4.78 is 19.2. The lowest BCUT2D eigenvalue weighted by Gasteiger charge is -2.30. The largest absolute Gasteiger partial charge is 0.463 e. The third kappa shape index (κ3) is 3.16. The number of benzene rings is 1. The van der Waals surface area contributed by atoms with E-state index >= 15 is 0 Å². The summed E-state index contributed by atoms with van der Waals surface area (Å²) in [4.78, 5) is 12.2. The third-order valence-electron chi connectivity index (χ3n) is 3.05. The summed E-state index contributed by atoms with van der Waals surface area (Å²) in [6, 6.07) is 3.56. The first-order valence-electron chi connectivity index (χ1n) is 6.35. The molecule has 0 aliphatic carbocycles. The Labute approximate surface area is 132 Å². The molecule has 0 saturated heterocycles. The number of hydrogen-bond acceptors (Lipinski definition) is 3. The number of ether oxygens (including phenoxy) is 1. The van der Waals surface area contributed by atoms with Gasteiger partial charge < -0.3 is 15.4 Å². The van der Waals surface area contributed by atoms with Crippen molar-refractivity contribution in [2.45, 2.75) is 19.9 Å². The number of carbonyl (C=O) groups excluding carboxylic acids is 1. The highest BCUT2D eigenvalue weighted by atomic mass is 35.5. The van der Waals surface area contributed by atoms with Crippen LogP contribution in [0, 0.1) is 5.82 Å². The van der Waals surface area contributed by atoms with Crippen LogP contribution in [0.2, 0.25) is 5.02 Å². The van der Waals surface area contributed by atoms with E-state index in [-0.39, 0.29) is 22.8 Å². The molecule has 112 valence electrons. The van der Waals surface area contributed by atoms with Crippen LogP contribution in [0.5, 0.6) is 0 Å². The maximum atomic E-state index is 14.1. The van der Waals surface area contributed by atoms with E-state index in [9.17, 15) is 9.18 Å². The summed E-state index contributed by atoms with van der Waals surface area (Å²) in [7, 11) is 0. The lowest BCUT2D eigenvalue weighted by Crippen LogP contribution is -2.45. The summed E-state index contributed by atoms with van der Waals surface area (Å²) in [6.07, 6.45) is 0. The molecule has 1 heterocycles. The fraction of sp³-hybridized carbons (Fsp3) is 0.286. The van der Waals surface area contributed by atoms with Crippen LogP contribution in [0.1, 0.15) is 25.5 Å². The number of allylic oxidation sites excluding steroid dienone is 1. The molecule has 4 nitrogen and oxygen atoms in total. The van der Waals surface area contributed by atoms with E-state index < -0.39 is 17.8 Å². The predicted octanol–water partition coefficient (Wildman–Crippen LogP) is 2.84. The van der Waals surface area contributed by atoms with Crippen LogP contribution in [0.15, 0.2) is 29.5 Å². The summed E-state index contributed by atoms with van der Waals surface area (Å²) in [5, 5.41) is 6.22. The van der Waals surface area contributed by atoms with Crippen molar-refractivity contribution in [3.05, 3.63) is 45.9 Å². The standard InChI is InChI=1S/C14H14ClFN2O2S/c1-3-20-13(19)10-7(2)17-14(21)18-12(10)11-8(15)5-4-6-9(11)16/h4-6,12H,3H2,1-2H3,(H2,17,18,21)/t12-/m1/s1. The lowest BCUT2D eigenvalue weighted by molar-refractivity contribution is -0.139. The van der Waals surface area contributed by atoms with E-state index in [1.165, 1.54) is 12.1 Å². The molecule has 1 aromatic rings. The van der Waals surface area contributed by atoms with Crippen molar-refractivity contribution in [3.63, 3.8) is 0 Å². The fourth-order valence-corrected chi connectivity index (χ4v) is 2.72. The molecule has 1 atom stereocenters. The number of halogens is 2. The first kappa shape index (κ1) is 15.7. The van der Waals surface area contributed by atoms with Crippen molar-refractivity contribution < 1.29 is 13.9 Å². The molecule has 1 aliphatic heterocycles. The Balaban J connectivity index is 2.55. The number of rotatable bonds is 3. The Bertz CT molecular complexity index is 613. The Morgan fingerprint density at radius 1 is 1.52 bits per heavy atom. The molecular formula is C14H14ClFN2O2S. The van der Waals surface area contributed by atoms with Crippen molar-refractivity contribution in [1.29, 1.82) is 0 Å². The fourth-order valence-electron chi connectivity index (χ4n) is 2.18. The van der Waals surface area contributed by atoms with E-state index in [0.717, 1.165) is 0 Å². The molecule has 0 aromatic heterocycles. The van der Waals surface area contributed by atoms with Crippen molar-refractivity contribution in [2.75, 3.05) is 6.61 Å². The maximum absolute atomic E-state index is 14.1. The second-order valence-electron chi connectivity index (χ2n) is 4.43. The van der Waals surface area contributed by atoms with Gasteiger partial charge in [0.2, 0.25) is 0 Å². The molecule has 7 heteroatoms. The van der Waals surface area contributed by atoms with Crippen molar-refractivity contribution in [1.82, 2.24) is 10.6 Å². The van der Waals surface area contributed by atoms with Gasteiger partial charge >= 0.3 is 5.97 Å². The third-order valence-corrected chi connectivity index (χ3v) is 3.60. The number of thiocarbonyl (C=S) groups is 1. The number of nitrogens with one attached hydrogen (secondary N) is 2. The maximum Gasteiger partial charge on any atom is 0.338 e. The number of carbonyl (C=O) groups is 1. The highest BCUT2D eigenvalue weighted by molar-refractivity contribution is 7.80. The molecular weight excluding hydrogens is 315 g/mol. The molecule has 2 rings (SSSR count). The Kier molecular flexibility index (Phi) is 4.80. The Morgan fingerprint density at radius 2 is 2.24 bits per heavy atom. The summed E-state index contributed by atoms with van der Waals surface area (Å²) in [5.41, 5.74) is 0.949. The van der Waals surface area contributed by atoms with Gasteiger partial charge in [-0.2, -0.15) is 0 Å². The quantitative estimate of drug-likeness (QED) is 0.660. The van der Waals surface area contributed by atoms with Gasteiger partial charge in [-0.05, 0) is 38.2 Å². The number of esters is 1. The van der Waals surface area contributed by atoms with Gasteiger partial charge in [-0.3, -0.25) is 0 Å². The monoisotopic (exact) mass is 328 g/mol. The summed E-state index contributed by atoms with van der Waals surface area (Å²) in [6.45, 7) is 3.60. The molecule has 0 saturated carbocycles. The zero-order valence-corrected chi connectivity index (χ0v) is 13.1. The van der Waals surface area contributed by atoms with E-state index in [4.69, 9.17) is 28.6 Å². The molecule has 0 bridgehead atoms. The Morgan fingerprint density at radius 3 is 2.86 bits per heavy atom. The van der Waals surface area contributed by atoms with Crippen LogP contribution < -0.4 is 10.6 Å². The SMILES string of the molecule is CCOC(=O)C1=C(C)NC(=S)N[C@H]1c1c(F)cccc1Cl.